The molecule has 0 unspecified atom stereocenters. The Kier molecular flexibility index (Phi) is 11.4. The average Bonchev–Trinajstić information content (AvgIpc) is 3.04. The Morgan fingerprint density at radius 3 is 2.24 bits per heavy atom. The largest absolute Gasteiger partial charge is 0.392 e. The molecule has 0 spiro atoms. The average molecular weight is 635 g/mol. The minimum Gasteiger partial charge on any atom is -0.392 e. The molecule has 3 aliphatic rings. The monoisotopic (exact) mass is 634 g/mol. The highest BCUT2D eigenvalue weighted by molar-refractivity contribution is 5.82. The molecule has 4 N–H and O–H groups in total. The third kappa shape index (κ3) is 8.48. The van der Waals surface area contributed by atoms with Crippen molar-refractivity contribution < 1.29 is 24.2 Å². The number of hydrogen-bond acceptors (Lipinski definition) is 6. The number of rotatable bonds is 9. The Balaban J connectivity index is 1.41. The van der Waals surface area contributed by atoms with Crippen LogP contribution in [-0.2, 0) is 27.4 Å². The summed E-state index contributed by atoms with van der Waals surface area (Å²) >= 11 is 0. The number of aliphatic hydroxyl groups excluding tert-OH is 1. The maximum absolute atomic E-state index is 13.7. The zero-order valence-electron chi connectivity index (χ0n) is 28.3. The van der Waals surface area contributed by atoms with Crippen LogP contribution >= 0.6 is 0 Å². The predicted molar refractivity (Wildman–Crippen MR) is 179 cm³/mol. The number of carbonyl (C=O) groups excluding carboxylic acids is 2. The van der Waals surface area contributed by atoms with Gasteiger partial charge in [-0.25, -0.2) is 4.79 Å². The van der Waals surface area contributed by atoms with E-state index in [0.717, 1.165) is 41.5 Å². The van der Waals surface area contributed by atoms with Gasteiger partial charge in [0, 0.05) is 42.7 Å². The smallest absolute Gasteiger partial charge is 0.315 e. The molecule has 252 valence electrons. The predicted octanol–water partition coefficient (Wildman–Crippen LogP) is 5.73. The summed E-state index contributed by atoms with van der Waals surface area (Å²) in [4.78, 5) is 28.1. The fourth-order valence-electron chi connectivity index (χ4n) is 7.46. The van der Waals surface area contributed by atoms with Crippen LogP contribution in [0.15, 0.2) is 48.5 Å². The first-order chi connectivity index (χ1) is 22.1. The van der Waals surface area contributed by atoms with Gasteiger partial charge in [-0.1, -0.05) is 68.3 Å². The summed E-state index contributed by atoms with van der Waals surface area (Å²) in [5.74, 6) is 0.744. The molecule has 2 aromatic carbocycles. The number of urea groups is 1. The fraction of sp³-hybridized carbons (Fsp3) is 0.622. The zero-order valence-corrected chi connectivity index (χ0v) is 28.3. The van der Waals surface area contributed by atoms with E-state index in [-0.39, 0.29) is 48.3 Å². The molecule has 0 aromatic heterocycles. The van der Waals surface area contributed by atoms with Crippen LogP contribution < -0.4 is 16.0 Å². The molecule has 1 saturated carbocycles. The third-order valence-electron chi connectivity index (χ3n) is 9.86. The summed E-state index contributed by atoms with van der Waals surface area (Å²) < 4.78 is 13.6. The lowest BCUT2D eigenvalue weighted by Gasteiger charge is -2.51. The molecule has 0 bridgehead atoms. The number of nitrogens with zero attached hydrogens (tertiary/aromatic N) is 1. The van der Waals surface area contributed by atoms with E-state index in [4.69, 9.17) is 9.47 Å². The highest BCUT2D eigenvalue weighted by atomic mass is 16.7. The molecule has 2 heterocycles. The van der Waals surface area contributed by atoms with Gasteiger partial charge in [0.25, 0.3) is 0 Å². The summed E-state index contributed by atoms with van der Waals surface area (Å²) in [7, 11) is 0. The number of nitrogens with one attached hydrogen (secondary N) is 3. The van der Waals surface area contributed by atoms with Gasteiger partial charge in [0.15, 0.2) is 6.29 Å². The van der Waals surface area contributed by atoms with E-state index in [1.54, 1.807) is 0 Å². The van der Waals surface area contributed by atoms with E-state index in [0.29, 0.717) is 31.6 Å². The number of amides is 3. The van der Waals surface area contributed by atoms with Crippen molar-refractivity contribution in [3.8, 4) is 0 Å². The van der Waals surface area contributed by atoms with Crippen molar-refractivity contribution in [2.24, 2.45) is 11.8 Å². The van der Waals surface area contributed by atoms with Crippen LogP contribution in [0, 0.1) is 11.8 Å². The van der Waals surface area contributed by atoms with Crippen molar-refractivity contribution in [2.45, 2.75) is 122 Å². The molecule has 9 heteroatoms. The summed E-state index contributed by atoms with van der Waals surface area (Å²) in [6, 6.07) is 16.0. The van der Waals surface area contributed by atoms with Gasteiger partial charge in [-0.3, -0.25) is 9.69 Å². The van der Waals surface area contributed by atoms with E-state index in [1.165, 1.54) is 19.3 Å². The Labute approximate surface area is 274 Å². The first-order valence-corrected chi connectivity index (χ1v) is 17.2. The van der Waals surface area contributed by atoms with Crippen LogP contribution in [0.3, 0.4) is 0 Å². The Bertz CT molecular complexity index is 1290. The van der Waals surface area contributed by atoms with Gasteiger partial charge in [-0.2, -0.15) is 0 Å². The number of aliphatic hydroxyl groups is 1. The maximum atomic E-state index is 13.7. The van der Waals surface area contributed by atoms with Gasteiger partial charge in [0.1, 0.15) is 0 Å². The summed E-state index contributed by atoms with van der Waals surface area (Å²) in [5, 5.41) is 18.5. The molecule has 2 aromatic rings. The molecule has 2 aliphatic heterocycles. The molecular weight excluding hydrogens is 580 g/mol. The van der Waals surface area contributed by atoms with Gasteiger partial charge < -0.3 is 30.5 Å². The van der Waals surface area contributed by atoms with Crippen molar-refractivity contribution >= 4 is 11.9 Å². The third-order valence-corrected chi connectivity index (χ3v) is 9.86. The number of carbonyl (C=O) groups is 2. The second-order valence-corrected chi connectivity index (χ2v) is 14.4. The molecule has 7 atom stereocenters. The van der Waals surface area contributed by atoms with Crippen LogP contribution in [0.1, 0.15) is 108 Å². The molecule has 2 saturated heterocycles. The molecule has 0 radical (unpaired) electrons. The van der Waals surface area contributed by atoms with Gasteiger partial charge >= 0.3 is 6.03 Å². The first-order valence-electron chi connectivity index (χ1n) is 17.2. The highest BCUT2D eigenvalue weighted by Crippen LogP contribution is 2.44. The minimum absolute atomic E-state index is 0.00738. The Morgan fingerprint density at radius 1 is 0.891 bits per heavy atom. The normalized spacial score (nSPS) is 28.6. The van der Waals surface area contributed by atoms with Gasteiger partial charge in [-0.15, -0.1) is 0 Å². The number of fused-ring (bicyclic) bond motifs is 1. The second-order valence-electron chi connectivity index (χ2n) is 14.4. The second kappa shape index (κ2) is 15.3. The van der Waals surface area contributed by atoms with Crippen molar-refractivity contribution in [1.29, 1.82) is 0 Å². The van der Waals surface area contributed by atoms with Crippen molar-refractivity contribution in [1.82, 2.24) is 20.9 Å². The quantitative estimate of drug-likeness (QED) is 0.281. The van der Waals surface area contributed by atoms with E-state index in [9.17, 15) is 14.7 Å². The van der Waals surface area contributed by atoms with E-state index >= 15 is 0 Å². The SMILES string of the molecule is CCNC(=O)NCc1ccc([C@H]2O[C@@H](CN3[C@@H](C(=O)NC(C)(C)C)CC[C@H]4CCCC[C@H]43)[C@@H](C)[C@@H](c3ccc(CO)cc3)O2)cc1. The number of ether oxygens (including phenoxy) is 2. The maximum Gasteiger partial charge on any atom is 0.315 e. The molecule has 9 nitrogen and oxygen atoms in total. The molecule has 3 amide bonds. The van der Waals surface area contributed by atoms with Crippen molar-refractivity contribution in [3.63, 3.8) is 0 Å². The standard InChI is InChI=1S/C37H54N4O5/c1-6-38-36(44)39-21-25-11-17-29(18-12-25)35-45-32(24(2)33(46-35)28-15-13-26(23-42)14-16-28)22-41-30-10-8-7-9-27(30)19-20-31(41)34(43)40-37(3,4)5/h11-18,24,27,30-33,35,42H,6-10,19-23H2,1-5H3,(H,40,43)(H2,38,39,44)/t24-,27-,30-,31-,32+,33+,35+/m1/s1. The number of benzene rings is 2. The van der Waals surface area contributed by atoms with Crippen molar-refractivity contribution in [3.05, 3.63) is 70.8 Å². The molecule has 5 rings (SSSR count). The van der Waals surface area contributed by atoms with E-state index in [2.05, 4.69) is 27.8 Å². The molecule has 46 heavy (non-hydrogen) atoms. The minimum atomic E-state index is -0.595. The van der Waals surface area contributed by atoms with Gasteiger partial charge in [-0.05, 0) is 76.0 Å². The van der Waals surface area contributed by atoms with Crippen molar-refractivity contribution in [2.75, 3.05) is 13.1 Å². The van der Waals surface area contributed by atoms with Gasteiger partial charge in [0.2, 0.25) is 5.91 Å². The number of piperidine rings is 1. The molecule has 1 aliphatic carbocycles. The fourth-order valence-corrected chi connectivity index (χ4v) is 7.46. The van der Waals surface area contributed by atoms with Crippen LogP contribution in [0.2, 0.25) is 0 Å². The van der Waals surface area contributed by atoms with Gasteiger partial charge in [0.05, 0.1) is 24.9 Å². The lowest BCUT2D eigenvalue weighted by molar-refractivity contribution is -0.278. The van der Waals surface area contributed by atoms with Crippen LogP contribution in [0.25, 0.3) is 0 Å². The van der Waals surface area contributed by atoms with Crippen LogP contribution in [-0.4, -0.2) is 58.8 Å². The number of hydrogen-bond donors (Lipinski definition) is 4. The molecule has 3 fully saturated rings. The summed E-state index contributed by atoms with van der Waals surface area (Å²) in [5.41, 5.74) is 3.50. The highest BCUT2D eigenvalue weighted by Gasteiger charge is 2.46. The lowest BCUT2D eigenvalue weighted by atomic mass is 9.75. The van der Waals surface area contributed by atoms with E-state index in [1.807, 2.05) is 76.2 Å². The molecular formula is C37H54N4O5. The Hall–Kier alpha value is -2.98. The Morgan fingerprint density at radius 2 is 1.57 bits per heavy atom. The zero-order chi connectivity index (χ0) is 32.8. The number of likely N-dealkylation sites (tertiary alicyclic amines) is 1. The first kappa shape index (κ1) is 34.4. The summed E-state index contributed by atoms with van der Waals surface area (Å²) in [6.07, 6.45) is 5.75. The van der Waals surface area contributed by atoms with E-state index < -0.39 is 6.29 Å². The summed E-state index contributed by atoms with van der Waals surface area (Å²) in [6.45, 7) is 11.9. The van der Waals surface area contributed by atoms with Crippen LogP contribution in [0.4, 0.5) is 4.79 Å². The van der Waals surface area contributed by atoms with Crippen LogP contribution in [0.5, 0.6) is 0 Å². The topological polar surface area (TPSA) is 112 Å². The lowest BCUT2D eigenvalue weighted by Crippen LogP contribution is -2.61.